The van der Waals surface area contributed by atoms with Crippen LogP contribution < -0.4 is 10.1 Å². The molecule has 0 bridgehead atoms. The number of anilines is 1. The van der Waals surface area contributed by atoms with Crippen molar-refractivity contribution in [1.82, 2.24) is 19.8 Å². The maximum Gasteiger partial charge on any atom is 0.283 e. The monoisotopic (exact) mass is 553 g/mol. The summed E-state index contributed by atoms with van der Waals surface area (Å²) in [7, 11) is 1.48. The molecule has 1 saturated heterocycles. The van der Waals surface area contributed by atoms with Crippen LogP contribution in [0.1, 0.15) is 36.2 Å². The Morgan fingerprint density at radius 2 is 1.92 bits per heavy atom. The summed E-state index contributed by atoms with van der Waals surface area (Å²) in [5.74, 6) is -4.87. The van der Waals surface area contributed by atoms with Gasteiger partial charge in [0.2, 0.25) is 5.88 Å². The first-order chi connectivity index (χ1) is 18.6. The summed E-state index contributed by atoms with van der Waals surface area (Å²) in [4.78, 5) is 10.7. The minimum atomic E-state index is -3.48. The Morgan fingerprint density at radius 1 is 1.21 bits per heavy atom. The summed E-state index contributed by atoms with van der Waals surface area (Å²) in [6, 6.07) is 2.30. The first-order valence-electron chi connectivity index (χ1n) is 13.0. The van der Waals surface area contributed by atoms with E-state index in [1.807, 2.05) is 4.90 Å². The molecule has 3 N–H and O–H groups in total. The number of pyridine rings is 1. The first-order valence-corrected chi connectivity index (χ1v) is 13.0. The molecule has 1 fully saturated rings. The molecule has 3 aromatic rings. The summed E-state index contributed by atoms with van der Waals surface area (Å²) in [6.07, 6.45) is 2.31. The molecule has 0 amide bonds. The van der Waals surface area contributed by atoms with Crippen LogP contribution in [-0.2, 0) is 6.42 Å². The number of benzene rings is 1. The van der Waals surface area contributed by atoms with Crippen molar-refractivity contribution in [2.24, 2.45) is 0 Å². The van der Waals surface area contributed by atoms with Gasteiger partial charge in [-0.05, 0) is 37.5 Å². The summed E-state index contributed by atoms with van der Waals surface area (Å²) in [6.45, 7) is 0.935. The van der Waals surface area contributed by atoms with Gasteiger partial charge in [0, 0.05) is 54.1 Å². The predicted octanol–water partition coefficient (Wildman–Crippen LogP) is 4.27. The van der Waals surface area contributed by atoms with E-state index in [1.165, 1.54) is 30.3 Å². The molecule has 1 aromatic carbocycles. The van der Waals surface area contributed by atoms with Crippen LogP contribution in [0.25, 0.3) is 10.9 Å². The van der Waals surface area contributed by atoms with Gasteiger partial charge in [-0.15, -0.1) is 0 Å². The lowest BCUT2D eigenvalue weighted by Crippen LogP contribution is -2.54. The van der Waals surface area contributed by atoms with Crippen molar-refractivity contribution in [2.75, 3.05) is 51.9 Å². The zero-order valence-electron chi connectivity index (χ0n) is 21.8. The van der Waals surface area contributed by atoms with Crippen molar-refractivity contribution in [1.29, 1.82) is 0 Å². The maximum absolute atomic E-state index is 15.8. The number of likely N-dealkylation sites (tertiary alicyclic amines) is 1. The van der Waals surface area contributed by atoms with Gasteiger partial charge in [-0.2, -0.15) is 0 Å². The van der Waals surface area contributed by atoms with E-state index in [2.05, 4.69) is 15.3 Å². The fourth-order valence-corrected chi connectivity index (χ4v) is 5.72. The van der Waals surface area contributed by atoms with E-state index >= 15 is 8.78 Å². The summed E-state index contributed by atoms with van der Waals surface area (Å²) < 4.78 is 78.1. The van der Waals surface area contributed by atoms with E-state index in [-0.39, 0.29) is 17.3 Å². The molecule has 4 heterocycles. The number of ether oxygens (including phenoxy) is 1. The molecule has 2 aliphatic rings. The number of fused-ring (bicyclic) bond motifs is 3. The van der Waals surface area contributed by atoms with Crippen LogP contribution in [0, 0.1) is 11.6 Å². The molecule has 0 radical (unpaired) electrons. The number of aromatic amines is 1. The van der Waals surface area contributed by atoms with Crippen molar-refractivity contribution < 1.29 is 31.8 Å². The normalized spacial score (nSPS) is 20.7. The van der Waals surface area contributed by atoms with Gasteiger partial charge in [0.15, 0.2) is 0 Å². The number of H-pyrrole nitrogens is 1. The van der Waals surface area contributed by atoms with E-state index in [4.69, 9.17) is 4.74 Å². The summed E-state index contributed by atoms with van der Waals surface area (Å²) in [5, 5.41) is 13.1. The van der Waals surface area contributed by atoms with Crippen LogP contribution in [0.15, 0.2) is 24.4 Å². The molecule has 0 spiro atoms. The largest absolute Gasteiger partial charge is 0.481 e. The van der Waals surface area contributed by atoms with Gasteiger partial charge in [0.05, 0.1) is 44.1 Å². The second kappa shape index (κ2) is 10.9. The highest BCUT2D eigenvalue weighted by atomic mass is 19.3. The van der Waals surface area contributed by atoms with E-state index in [1.54, 1.807) is 13.0 Å². The Morgan fingerprint density at radius 3 is 2.56 bits per heavy atom. The minimum Gasteiger partial charge on any atom is -0.481 e. The standard InChI is InChI=1S/C27H32F5N5O2/c1-15-6-19-18-9-23(39-2)33-10-22(18)35-25(19)26(37(15)13-27(31,32)14-38)24-20(29)7-16(8-21(24)30)34-17-11-36(12-17)5-3-4-28/h7-10,15,17,26,34-35,38H,3-6,11-14H2,1-2H3/t15-,26-/m0/s1. The number of aliphatic hydroxyl groups is 1. The lowest BCUT2D eigenvalue weighted by molar-refractivity contribution is -0.0869. The van der Waals surface area contributed by atoms with Gasteiger partial charge >= 0.3 is 0 Å². The molecule has 2 aliphatic heterocycles. The molecule has 0 aliphatic carbocycles. The zero-order valence-corrected chi connectivity index (χ0v) is 21.8. The third kappa shape index (κ3) is 5.42. The number of rotatable bonds is 10. The SMILES string of the molecule is COc1cc2c3c([nH]c2cn1)[C@H](c1c(F)cc(NC2CN(CCCF)C2)cc1F)N(CC(F)(F)CO)[C@@H](C)C3. The molecule has 39 heavy (non-hydrogen) atoms. The van der Waals surface area contributed by atoms with Gasteiger partial charge in [-0.25, -0.2) is 22.5 Å². The Kier molecular flexibility index (Phi) is 7.71. The fourth-order valence-electron chi connectivity index (χ4n) is 5.72. The van der Waals surface area contributed by atoms with Crippen LogP contribution in [0.2, 0.25) is 0 Å². The first kappa shape index (κ1) is 27.6. The second-order valence-corrected chi connectivity index (χ2v) is 10.4. The molecule has 2 aromatic heterocycles. The number of halogens is 5. The number of hydrogen-bond donors (Lipinski definition) is 3. The molecular formula is C27H32F5N5O2. The van der Waals surface area contributed by atoms with Crippen LogP contribution in [-0.4, -0.2) is 89.5 Å². The number of aromatic nitrogens is 2. The maximum atomic E-state index is 15.8. The molecule has 12 heteroatoms. The minimum absolute atomic E-state index is 0.0357. The average molecular weight is 554 g/mol. The zero-order chi connectivity index (χ0) is 27.9. The molecule has 7 nitrogen and oxygen atoms in total. The summed E-state index contributed by atoms with van der Waals surface area (Å²) in [5.41, 5.74) is 1.62. The van der Waals surface area contributed by atoms with E-state index in [0.29, 0.717) is 49.6 Å². The Bertz CT molecular complexity index is 1310. The average Bonchev–Trinajstić information content (AvgIpc) is 3.23. The third-order valence-electron chi connectivity index (χ3n) is 7.61. The van der Waals surface area contributed by atoms with Crippen molar-refractivity contribution in [2.45, 2.75) is 43.8 Å². The Hall–Kier alpha value is -2.96. The molecule has 212 valence electrons. The van der Waals surface area contributed by atoms with Crippen molar-refractivity contribution in [3.05, 3.63) is 52.9 Å². The molecular weight excluding hydrogens is 521 g/mol. The number of alkyl halides is 3. The molecule has 0 unspecified atom stereocenters. The molecule has 5 rings (SSSR count). The van der Waals surface area contributed by atoms with Gasteiger partial charge in [0.1, 0.15) is 18.2 Å². The van der Waals surface area contributed by atoms with Gasteiger partial charge in [-0.3, -0.25) is 14.2 Å². The van der Waals surface area contributed by atoms with E-state index in [9.17, 15) is 18.3 Å². The van der Waals surface area contributed by atoms with Gasteiger partial charge < -0.3 is 20.1 Å². The highest BCUT2D eigenvalue weighted by Crippen LogP contribution is 2.44. The van der Waals surface area contributed by atoms with Crippen molar-refractivity contribution in [3.8, 4) is 5.88 Å². The third-order valence-corrected chi connectivity index (χ3v) is 7.61. The molecule has 2 atom stereocenters. The van der Waals surface area contributed by atoms with Crippen LogP contribution in [0.5, 0.6) is 5.88 Å². The van der Waals surface area contributed by atoms with Crippen molar-refractivity contribution >= 4 is 16.6 Å². The quantitative estimate of drug-likeness (QED) is 0.326. The van der Waals surface area contributed by atoms with E-state index in [0.717, 1.165) is 10.9 Å². The Labute approximate surface area is 223 Å². The number of methoxy groups -OCH3 is 1. The van der Waals surface area contributed by atoms with Crippen LogP contribution >= 0.6 is 0 Å². The van der Waals surface area contributed by atoms with Crippen molar-refractivity contribution in [3.63, 3.8) is 0 Å². The lowest BCUT2D eigenvalue weighted by Gasteiger charge is -2.42. The lowest BCUT2D eigenvalue weighted by atomic mass is 9.87. The number of aliphatic hydroxyl groups excluding tert-OH is 1. The number of nitrogens with one attached hydrogen (secondary N) is 2. The van der Waals surface area contributed by atoms with Crippen LogP contribution in [0.4, 0.5) is 27.6 Å². The highest BCUT2D eigenvalue weighted by molar-refractivity contribution is 5.85. The second-order valence-electron chi connectivity index (χ2n) is 10.4. The number of nitrogens with zero attached hydrogens (tertiary/aromatic N) is 3. The Balaban J connectivity index is 1.52. The van der Waals surface area contributed by atoms with E-state index < -0.39 is 49.5 Å². The fraction of sp³-hybridized carbons (Fsp3) is 0.519. The van der Waals surface area contributed by atoms with Gasteiger partial charge in [-0.1, -0.05) is 0 Å². The highest BCUT2D eigenvalue weighted by Gasteiger charge is 2.43. The topological polar surface area (TPSA) is 76.7 Å². The number of hydrogen-bond acceptors (Lipinski definition) is 6. The summed E-state index contributed by atoms with van der Waals surface area (Å²) >= 11 is 0. The predicted molar refractivity (Wildman–Crippen MR) is 137 cm³/mol. The smallest absolute Gasteiger partial charge is 0.283 e. The van der Waals surface area contributed by atoms with Crippen LogP contribution in [0.3, 0.4) is 0 Å². The van der Waals surface area contributed by atoms with Gasteiger partial charge in [0.25, 0.3) is 5.92 Å². The molecule has 0 saturated carbocycles.